The van der Waals surface area contributed by atoms with Crippen molar-refractivity contribution in [3.05, 3.63) is 65.7 Å². The molecule has 4 aromatic rings. The summed E-state index contributed by atoms with van der Waals surface area (Å²) >= 11 is 5.83. The highest BCUT2D eigenvalue weighted by atomic mass is 35.5. The summed E-state index contributed by atoms with van der Waals surface area (Å²) in [6.07, 6.45) is 0. The number of para-hydroxylation sites is 1. The van der Waals surface area contributed by atoms with E-state index in [1.165, 1.54) is 0 Å². The number of hydrogen-bond acceptors (Lipinski definition) is 3. The van der Waals surface area contributed by atoms with Crippen molar-refractivity contribution in [3.63, 3.8) is 0 Å². The van der Waals surface area contributed by atoms with Crippen molar-refractivity contribution < 1.29 is 9.53 Å². The molecule has 6 nitrogen and oxygen atoms in total. The lowest BCUT2D eigenvalue weighted by Gasteiger charge is -2.06. The summed E-state index contributed by atoms with van der Waals surface area (Å²) in [6, 6.07) is 19.0. The number of nitrogens with zero attached hydrogens (tertiary/aromatic N) is 2. The predicted molar refractivity (Wildman–Crippen MR) is 111 cm³/mol. The topological polar surface area (TPSA) is 71.9 Å². The van der Waals surface area contributed by atoms with E-state index in [9.17, 15) is 4.79 Å². The Labute approximate surface area is 167 Å². The molecule has 7 heteroatoms. The lowest BCUT2D eigenvalue weighted by molar-refractivity contribution is -0.118. The summed E-state index contributed by atoms with van der Waals surface area (Å²) in [5.41, 5.74) is 3.03. The number of aryl methyl sites for hydroxylation is 1. The van der Waals surface area contributed by atoms with Crippen molar-refractivity contribution in [2.75, 3.05) is 11.9 Å². The highest BCUT2D eigenvalue weighted by molar-refractivity contribution is 6.30. The van der Waals surface area contributed by atoms with Gasteiger partial charge in [-0.2, -0.15) is 5.10 Å². The molecule has 0 fully saturated rings. The van der Waals surface area contributed by atoms with Crippen LogP contribution in [-0.4, -0.2) is 27.3 Å². The number of carbonyl (C=O) groups is 1. The third-order valence-electron chi connectivity index (χ3n) is 4.43. The third kappa shape index (κ3) is 3.73. The number of rotatable bonds is 6. The first-order valence-corrected chi connectivity index (χ1v) is 9.34. The van der Waals surface area contributed by atoms with E-state index in [-0.39, 0.29) is 12.5 Å². The van der Waals surface area contributed by atoms with E-state index in [2.05, 4.69) is 45.2 Å². The molecule has 2 heterocycles. The van der Waals surface area contributed by atoms with Crippen LogP contribution >= 0.6 is 11.6 Å². The first-order chi connectivity index (χ1) is 13.6. The van der Waals surface area contributed by atoms with E-state index in [0.717, 1.165) is 28.8 Å². The Hall–Kier alpha value is -3.25. The molecule has 0 aliphatic carbocycles. The quantitative estimate of drug-likeness (QED) is 0.497. The van der Waals surface area contributed by atoms with Crippen molar-refractivity contribution in [2.45, 2.75) is 13.5 Å². The average Bonchev–Trinajstić information content (AvgIpc) is 3.31. The van der Waals surface area contributed by atoms with Gasteiger partial charge in [0, 0.05) is 28.5 Å². The maximum absolute atomic E-state index is 12.1. The van der Waals surface area contributed by atoms with Gasteiger partial charge in [0.05, 0.1) is 11.4 Å². The Morgan fingerprint density at radius 1 is 1.18 bits per heavy atom. The SMILES string of the molecule is CCn1c(-c2cc(NC(=O)COc3ccc(Cl)cc3)n[nH]2)cc2ccccc21. The fraction of sp³-hybridized carbons (Fsp3) is 0.143. The monoisotopic (exact) mass is 394 g/mol. The molecule has 4 rings (SSSR count). The Balaban J connectivity index is 1.46. The number of halogens is 1. The number of benzene rings is 2. The van der Waals surface area contributed by atoms with Crippen LogP contribution in [0, 0.1) is 0 Å². The summed E-state index contributed by atoms with van der Waals surface area (Å²) in [6.45, 7) is 2.82. The van der Waals surface area contributed by atoms with E-state index in [0.29, 0.717) is 16.6 Å². The Morgan fingerprint density at radius 2 is 1.96 bits per heavy atom. The van der Waals surface area contributed by atoms with Crippen LogP contribution in [0.4, 0.5) is 5.82 Å². The highest BCUT2D eigenvalue weighted by Crippen LogP contribution is 2.28. The van der Waals surface area contributed by atoms with Crippen molar-refractivity contribution in [3.8, 4) is 17.1 Å². The van der Waals surface area contributed by atoms with Crippen molar-refractivity contribution >= 4 is 34.2 Å². The maximum Gasteiger partial charge on any atom is 0.263 e. The molecule has 1 amide bonds. The van der Waals surface area contributed by atoms with Crippen LogP contribution in [0.3, 0.4) is 0 Å². The number of H-pyrrole nitrogens is 1. The molecule has 0 saturated carbocycles. The van der Waals surface area contributed by atoms with Gasteiger partial charge in [0.25, 0.3) is 5.91 Å². The molecule has 0 aliphatic rings. The molecule has 0 spiro atoms. The molecule has 0 bridgehead atoms. The summed E-state index contributed by atoms with van der Waals surface area (Å²) in [5.74, 6) is 0.742. The van der Waals surface area contributed by atoms with Gasteiger partial charge < -0.3 is 14.6 Å². The number of aromatic amines is 1. The fourth-order valence-corrected chi connectivity index (χ4v) is 3.28. The number of carbonyl (C=O) groups excluding carboxylic acids is 1. The van der Waals surface area contributed by atoms with E-state index < -0.39 is 0 Å². The van der Waals surface area contributed by atoms with Gasteiger partial charge in [-0.25, -0.2) is 0 Å². The smallest absolute Gasteiger partial charge is 0.263 e. The number of aromatic nitrogens is 3. The average molecular weight is 395 g/mol. The summed E-state index contributed by atoms with van der Waals surface area (Å²) < 4.78 is 7.66. The maximum atomic E-state index is 12.1. The Kier molecular flexibility index (Phi) is 5.04. The second-order valence-corrected chi connectivity index (χ2v) is 6.73. The molecule has 2 N–H and O–H groups in total. The summed E-state index contributed by atoms with van der Waals surface area (Å²) in [5, 5.41) is 11.7. The van der Waals surface area contributed by atoms with Gasteiger partial charge in [-0.1, -0.05) is 29.8 Å². The van der Waals surface area contributed by atoms with Crippen LogP contribution < -0.4 is 10.1 Å². The van der Waals surface area contributed by atoms with Crippen molar-refractivity contribution in [1.29, 1.82) is 0 Å². The summed E-state index contributed by atoms with van der Waals surface area (Å²) in [4.78, 5) is 12.1. The van der Waals surface area contributed by atoms with Gasteiger partial charge in [-0.15, -0.1) is 0 Å². The first-order valence-electron chi connectivity index (χ1n) is 8.96. The van der Waals surface area contributed by atoms with Crippen LogP contribution in [0.1, 0.15) is 6.92 Å². The molecule has 0 unspecified atom stereocenters. The van der Waals surface area contributed by atoms with Gasteiger partial charge in [-0.05, 0) is 43.3 Å². The van der Waals surface area contributed by atoms with Crippen LogP contribution in [0.15, 0.2) is 60.7 Å². The molecule has 28 heavy (non-hydrogen) atoms. The molecular weight excluding hydrogens is 376 g/mol. The van der Waals surface area contributed by atoms with Crippen LogP contribution in [0.2, 0.25) is 5.02 Å². The normalized spacial score (nSPS) is 10.9. The van der Waals surface area contributed by atoms with Crippen LogP contribution in [-0.2, 0) is 11.3 Å². The molecule has 0 radical (unpaired) electrons. The van der Waals surface area contributed by atoms with Gasteiger partial charge in [0.1, 0.15) is 5.75 Å². The van der Waals surface area contributed by atoms with Crippen molar-refractivity contribution in [1.82, 2.24) is 14.8 Å². The number of ether oxygens (including phenoxy) is 1. The number of fused-ring (bicyclic) bond motifs is 1. The first kappa shape index (κ1) is 18.1. The van der Waals surface area contributed by atoms with Crippen LogP contribution in [0.25, 0.3) is 22.3 Å². The molecule has 0 saturated heterocycles. The van der Waals surface area contributed by atoms with Crippen LogP contribution in [0.5, 0.6) is 5.75 Å². The van der Waals surface area contributed by atoms with E-state index in [4.69, 9.17) is 16.3 Å². The zero-order chi connectivity index (χ0) is 19.5. The van der Waals surface area contributed by atoms with E-state index in [1.807, 2.05) is 18.2 Å². The minimum Gasteiger partial charge on any atom is -0.484 e. The summed E-state index contributed by atoms with van der Waals surface area (Å²) in [7, 11) is 0. The number of amides is 1. The molecule has 2 aromatic heterocycles. The molecule has 142 valence electrons. The predicted octanol–water partition coefficient (Wildman–Crippen LogP) is 4.72. The Bertz CT molecular complexity index is 1120. The minimum atomic E-state index is -0.288. The van der Waals surface area contributed by atoms with Gasteiger partial charge in [0.2, 0.25) is 0 Å². The molecule has 0 aliphatic heterocycles. The minimum absolute atomic E-state index is 0.112. The zero-order valence-electron chi connectivity index (χ0n) is 15.3. The largest absolute Gasteiger partial charge is 0.484 e. The molecular formula is C21H19ClN4O2. The highest BCUT2D eigenvalue weighted by Gasteiger charge is 2.13. The second-order valence-electron chi connectivity index (χ2n) is 6.29. The Morgan fingerprint density at radius 3 is 2.75 bits per heavy atom. The van der Waals surface area contributed by atoms with Gasteiger partial charge >= 0.3 is 0 Å². The number of nitrogens with one attached hydrogen (secondary N) is 2. The van der Waals surface area contributed by atoms with E-state index in [1.54, 1.807) is 24.3 Å². The lowest BCUT2D eigenvalue weighted by atomic mass is 10.2. The second kappa shape index (κ2) is 7.78. The number of hydrogen-bond donors (Lipinski definition) is 2. The van der Waals surface area contributed by atoms with Crippen molar-refractivity contribution in [2.24, 2.45) is 0 Å². The van der Waals surface area contributed by atoms with Gasteiger partial charge in [0.15, 0.2) is 12.4 Å². The van der Waals surface area contributed by atoms with Gasteiger partial charge in [-0.3, -0.25) is 9.89 Å². The standard InChI is InChI=1S/C21H19ClN4O2/c1-2-26-18-6-4-3-5-14(18)11-19(26)17-12-20(25-24-17)23-21(27)13-28-16-9-7-15(22)8-10-16/h3-12H,2,13H2,1H3,(H2,23,24,25,27). The third-order valence-corrected chi connectivity index (χ3v) is 4.68. The number of anilines is 1. The van der Waals surface area contributed by atoms with E-state index >= 15 is 0 Å². The zero-order valence-corrected chi connectivity index (χ0v) is 16.0. The lowest BCUT2D eigenvalue weighted by Crippen LogP contribution is -2.20. The molecule has 0 atom stereocenters. The fourth-order valence-electron chi connectivity index (χ4n) is 3.15. The molecule has 2 aromatic carbocycles.